The lowest BCUT2D eigenvalue weighted by molar-refractivity contribution is -0.117. The van der Waals surface area contributed by atoms with E-state index in [-0.39, 0.29) is 11.8 Å². The summed E-state index contributed by atoms with van der Waals surface area (Å²) in [4.78, 5) is 27.0. The zero-order valence-electron chi connectivity index (χ0n) is 14.2. The molecular formula is C18H12N2O6S2. The molecule has 0 saturated heterocycles. The van der Waals surface area contributed by atoms with E-state index in [1.54, 1.807) is 0 Å². The minimum absolute atomic E-state index is 0.317. The maximum atomic E-state index is 12.8. The second-order valence-corrected chi connectivity index (χ2v) is 8.08. The van der Waals surface area contributed by atoms with Crippen LogP contribution >= 0.6 is 22.7 Å². The molecule has 10 heteroatoms. The largest absolute Gasteiger partial charge is 0.485 e. The number of fused-ring (bicyclic) bond motifs is 3. The Morgan fingerprint density at radius 3 is 1.57 bits per heavy atom. The molecule has 8 nitrogen and oxygen atoms in total. The summed E-state index contributed by atoms with van der Waals surface area (Å²) >= 11 is 2.74. The van der Waals surface area contributed by atoms with Crippen LogP contribution in [0.2, 0.25) is 0 Å². The number of carbonyl (C=O) groups excluding carboxylic acids is 2. The van der Waals surface area contributed by atoms with Crippen molar-refractivity contribution in [2.75, 3.05) is 26.4 Å². The summed E-state index contributed by atoms with van der Waals surface area (Å²) in [7, 11) is 0. The van der Waals surface area contributed by atoms with E-state index in [9.17, 15) is 9.59 Å². The van der Waals surface area contributed by atoms with Gasteiger partial charge in [0.1, 0.15) is 26.4 Å². The van der Waals surface area contributed by atoms with Crippen LogP contribution in [0.5, 0.6) is 23.0 Å². The molecule has 6 heterocycles. The first-order valence-electron chi connectivity index (χ1n) is 8.59. The highest BCUT2D eigenvalue weighted by molar-refractivity contribution is 7.12. The molecule has 4 aliphatic rings. The van der Waals surface area contributed by atoms with Crippen molar-refractivity contribution in [2.24, 2.45) is 0 Å². The maximum absolute atomic E-state index is 12.8. The smallest absolute Gasteiger partial charge is 0.258 e. The second-order valence-electron chi connectivity index (χ2n) is 6.32. The van der Waals surface area contributed by atoms with E-state index in [1.165, 1.54) is 22.7 Å². The molecule has 4 aliphatic heterocycles. The number of hydrogen-bond acceptors (Lipinski definition) is 8. The fraction of sp³-hybridized carbons (Fsp3) is 0.222. The molecule has 0 unspecified atom stereocenters. The zero-order valence-corrected chi connectivity index (χ0v) is 15.9. The predicted molar refractivity (Wildman–Crippen MR) is 101 cm³/mol. The summed E-state index contributed by atoms with van der Waals surface area (Å²) in [6, 6.07) is 0. The Morgan fingerprint density at radius 2 is 1.11 bits per heavy atom. The van der Waals surface area contributed by atoms with Gasteiger partial charge in [0.25, 0.3) is 11.8 Å². The SMILES string of the molecule is O=C1NC(c2scc3c2OCCO3)=C2C(=O)NC(c3scc4c3OCCO4)=C12. The molecule has 0 aromatic carbocycles. The van der Waals surface area contributed by atoms with E-state index in [0.717, 1.165) is 0 Å². The first-order chi connectivity index (χ1) is 13.7. The third-order valence-corrected chi connectivity index (χ3v) is 6.65. The Bertz CT molecular complexity index is 1040. The molecule has 0 radical (unpaired) electrons. The van der Waals surface area contributed by atoms with Gasteiger partial charge in [0.05, 0.1) is 32.3 Å². The summed E-state index contributed by atoms with van der Waals surface area (Å²) in [5, 5.41) is 9.32. The third-order valence-electron chi connectivity index (χ3n) is 4.74. The fourth-order valence-electron chi connectivity index (χ4n) is 3.59. The van der Waals surface area contributed by atoms with Crippen LogP contribution < -0.4 is 29.6 Å². The normalized spacial score (nSPS) is 19.7. The van der Waals surface area contributed by atoms with E-state index >= 15 is 0 Å². The lowest BCUT2D eigenvalue weighted by atomic mass is 10.1. The Balaban J connectivity index is 1.52. The van der Waals surface area contributed by atoms with Gasteiger partial charge in [0.15, 0.2) is 23.0 Å². The summed E-state index contributed by atoms with van der Waals surface area (Å²) in [5.41, 5.74) is 1.54. The highest BCUT2D eigenvalue weighted by Gasteiger charge is 2.44. The molecular weight excluding hydrogens is 404 g/mol. The summed E-state index contributed by atoms with van der Waals surface area (Å²) in [5.74, 6) is 1.70. The first-order valence-corrected chi connectivity index (χ1v) is 10.3. The van der Waals surface area contributed by atoms with Crippen molar-refractivity contribution in [1.29, 1.82) is 0 Å². The number of thiophene rings is 2. The van der Waals surface area contributed by atoms with Gasteiger partial charge in [-0.15, -0.1) is 22.7 Å². The molecule has 2 aromatic rings. The van der Waals surface area contributed by atoms with Crippen LogP contribution in [0.15, 0.2) is 21.9 Å². The molecule has 0 bridgehead atoms. The Morgan fingerprint density at radius 1 is 0.679 bits per heavy atom. The number of rotatable bonds is 2. The monoisotopic (exact) mass is 416 g/mol. The fourth-order valence-corrected chi connectivity index (χ4v) is 5.47. The lowest BCUT2D eigenvalue weighted by Gasteiger charge is -2.17. The van der Waals surface area contributed by atoms with Crippen molar-refractivity contribution >= 4 is 45.9 Å². The molecule has 0 atom stereocenters. The van der Waals surface area contributed by atoms with Crippen molar-refractivity contribution in [2.45, 2.75) is 0 Å². The average Bonchev–Trinajstić information content (AvgIpc) is 3.46. The van der Waals surface area contributed by atoms with Gasteiger partial charge in [0.2, 0.25) is 0 Å². The van der Waals surface area contributed by atoms with E-state index in [1.807, 2.05) is 10.8 Å². The molecule has 6 rings (SSSR count). The van der Waals surface area contributed by atoms with Crippen LogP contribution in [0.1, 0.15) is 9.75 Å². The van der Waals surface area contributed by atoms with E-state index in [4.69, 9.17) is 18.9 Å². The highest BCUT2D eigenvalue weighted by atomic mass is 32.1. The van der Waals surface area contributed by atoms with E-state index in [0.29, 0.717) is 81.7 Å². The van der Waals surface area contributed by atoms with Crippen LogP contribution in [-0.2, 0) is 9.59 Å². The standard InChI is InChI=1S/C18H12N2O6S2/c21-17-9-10(12(20-17)16-14-8(6-28-16)24-2-4-26-14)18(22)19-11(9)15-13-7(5-27-15)23-1-3-25-13/h5-6H,1-4H2,(H,19,22)(H,20,21). The average molecular weight is 416 g/mol. The Hall–Kier alpha value is -2.98. The Kier molecular flexibility index (Phi) is 3.29. The van der Waals surface area contributed by atoms with Crippen LogP contribution in [-0.4, -0.2) is 38.2 Å². The Labute approximate surface area is 166 Å². The first kappa shape index (κ1) is 16.0. The predicted octanol–water partition coefficient (Wildman–Crippen LogP) is 1.73. The zero-order chi connectivity index (χ0) is 18.8. The van der Waals surface area contributed by atoms with E-state index in [2.05, 4.69) is 10.6 Å². The quantitative estimate of drug-likeness (QED) is 0.774. The summed E-state index contributed by atoms with van der Waals surface area (Å²) in [6.07, 6.45) is 0. The molecule has 0 spiro atoms. The molecule has 142 valence electrons. The van der Waals surface area contributed by atoms with Crippen molar-refractivity contribution in [3.05, 3.63) is 31.7 Å². The van der Waals surface area contributed by atoms with Gasteiger partial charge in [-0.3, -0.25) is 9.59 Å². The molecule has 2 N–H and O–H groups in total. The van der Waals surface area contributed by atoms with Crippen molar-refractivity contribution < 1.29 is 28.5 Å². The minimum Gasteiger partial charge on any atom is -0.485 e. The van der Waals surface area contributed by atoms with E-state index < -0.39 is 0 Å². The minimum atomic E-state index is -0.337. The number of amides is 2. The molecule has 28 heavy (non-hydrogen) atoms. The molecule has 2 aromatic heterocycles. The third kappa shape index (κ3) is 2.09. The number of nitrogens with one attached hydrogen (secondary N) is 2. The number of hydrogen-bond donors (Lipinski definition) is 2. The van der Waals surface area contributed by atoms with Crippen molar-refractivity contribution in [3.63, 3.8) is 0 Å². The number of carbonyl (C=O) groups is 2. The molecule has 2 amide bonds. The maximum Gasteiger partial charge on any atom is 0.258 e. The van der Waals surface area contributed by atoms with Crippen LogP contribution in [0, 0.1) is 0 Å². The van der Waals surface area contributed by atoms with Gasteiger partial charge >= 0.3 is 0 Å². The molecule has 0 aliphatic carbocycles. The van der Waals surface area contributed by atoms with Crippen LogP contribution in [0.3, 0.4) is 0 Å². The lowest BCUT2D eigenvalue weighted by Crippen LogP contribution is -2.22. The van der Waals surface area contributed by atoms with Gasteiger partial charge in [-0.25, -0.2) is 0 Å². The van der Waals surface area contributed by atoms with Gasteiger partial charge in [-0.05, 0) is 0 Å². The van der Waals surface area contributed by atoms with Crippen LogP contribution in [0.4, 0.5) is 0 Å². The molecule has 0 saturated carbocycles. The highest BCUT2D eigenvalue weighted by Crippen LogP contribution is 2.49. The second kappa shape index (κ2) is 5.76. The van der Waals surface area contributed by atoms with Crippen molar-refractivity contribution in [1.82, 2.24) is 10.6 Å². The summed E-state index contributed by atoms with van der Waals surface area (Å²) in [6.45, 7) is 1.80. The topological polar surface area (TPSA) is 95.1 Å². The van der Waals surface area contributed by atoms with Crippen molar-refractivity contribution in [3.8, 4) is 23.0 Å². The van der Waals surface area contributed by atoms with Crippen LogP contribution in [0.25, 0.3) is 11.4 Å². The van der Waals surface area contributed by atoms with Gasteiger partial charge in [-0.2, -0.15) is 0 Å². The summed E-state index contributed by atoms with van der Waals surface area (Å²) < 4.78 is 22.6. The van der Waals surface area contributed by atoms with Gasteiger partial charge in [0, 0.05) is 10.8 Å². The van der Waals surface area contributed by atoms with Gasteiger partial charge in [-0.1, -0.05) is 0 Å². The number of ether oxygens (including phenoxy) is 4. The molecule has 0 fully saturated rings. The van der Waals surface area contributed by atoms with Gasteiger partial charge < -0.3 is 29.6 Å².